The molecule has 0 bridgehead atoms. The largest absolute Gasteiger partial charge is 1.00 e. The number of rotatable bonds is 13. The number of carboxylic acids is 2. The molecule has 1 atom stereocenters. The van der Waals surface area contributed by atoms with Crippen LogP contribution in [-0.4, -0.2) is 22.2 Å². The zero-order chi connectivity index (χ0) is 17.2. The van der Waals surface area contributed by atoms with E-state index in [1.165, 1.54) is 57.8 Å². The molecule has 0 aliphatic carbocycles. The van der Waals surface area contributed by atoms with Crippen LogP contribution in [0.1, 0.15) is 99.2 Å². The minimum absolute atomic E-state index is 0. The van der Waals surface area contributed by atoms with Gasteiger partial charge in [-0.15, -0.1) is 0 Å². The molecule has 5 heteroatoms. The van der Waals surface area contributed by atoms with Crippen molar-refractivity contribution in [2.75, 3.05) is 0 Å². The van der Waals surface area contributed by atoms with Gasteiger partial charge in [0.15, 0.2) is 0 Å². The van der Waals surface area contributed by atoms with Crippen LogP contribution in [0.15, 0.2) is 0 Å². The Balaban J connectivity index is -0.000000250. The molecule has 4 nitrogen and oxygen atoms in total. The van der Waals surface area contributed by atoms with Crippen LogP contribution < -0.4 is 29.6 Å². The SMILES string of the molecule is CCC(=O)O.CCCCCCCCCCCCC(C)C(=O)O.[H-].[Na+]. The molecule has 0 aromatic rings. The summed E-state index contributed by atoms with van der Waals surface area (Å²) >= 11 is 0. The Morgan fingerprint density at radius 3 is 1.48 bits per heavy atom. The van der Waals surface area contributed by atoms with Crippen molar-refractivity contribution in [2.45, 2.75) is 97.8 Å². The molecule has 0 aromatic carbocycles. The van der Waals surface area contributed by atoms with Crippen molar-refractivity contribution in [2.24, 2.45) is 5.92 Å². The molecule has 0 saturated carbocycles. The first-order chi connectivity index (χ1) is 10.5. The van der Waals surface area contributed by atoms with Crippen molar-refractivity contribution in [3.63, 3.8) is 0 Å². The summed E-state index contributed by atoms with van der Waals surface area (Å²) in [7, 11) is 0. The van der Waals surface area contributed by atoms with Gasteiger partial charge in [-0.3, -0.25) is 9.59 Å². The van der Waals surface area contributed by atoms with Gasteiger partial charge >= 0.3 is 41.5 Å². The standard InChI is InChI=1S/C15H30O2.C3H6O2.Na.H/c1-3-4-5-6-7-8-9-10-11-12-13-14(2)15(16)17;1-2-3(4)5;;/h14H,3-13H2,1-2H3,(H,16,17);2H2,1H3,(H,4,5);;/q;;+1;-1. The molecular formula is C18H37NaO4. The maximum atomic E-state index is 10.6. The van der Waals surface area contributed by atoms with Gasteiger partial charge in [-0.05, 0) is 6.42 Å². The third kappa shape index (κ3) is 27.1. The average Bonchev–Trinajstić information content (AvgIpc) is 2.49. The number of carboxylic acid groups (broad SMARTS) is 2. The molecule has 134 valence electrons. The molecular weight excluding hydrogens is 303 g/mol. The first kappa shape index (κ1) is 27.8. The topological polar surface area (TPSA) is 74.6 Å². The minimum atomic E-state index is -0.745. The van der Waals surface area contributed by atoms with Crippen LogP contribution in [0.2, 0.25) is 0 Å². The summed E-state index contributed by atoms with van der Waals surface area (Å²) in [6, 6.07) is 0. The van der Waals surface area contributed by atoms with Crippen LogP contribution in [0.3, 0.4) is 0 Å². The molecule has 0 radical (unpaired) electrons. The molecule has 0 aromatic heterocycles. The van der Waals surface area contributed by atoms with Crippen molar-refractivity contribution in [3.8, 4) is 0 Å². The summed E-state index contributed by atoms with van der Waals surface area (Å²) in [6.07, 6.45) is 14.2. The monoisotopic (exact) mass is 340 g/mol. The van der Waals surface area contributed by atoms with E-state index in [9.17, 15) is 9.59 Å². The normalized spacial score (nSPS) is 10.9. The van der Waals surface area contributed by atoms with E-state index in [1.54, 1.807) is 13.8 Å². The Kier molecular flexibility index (Phi) is 26.5. The molecule has 0 amide bonds. The van der Waals surface area contributed by atoms with E-state index in [1.807, 2.05) is 0 Å². The summed E-state index contributed by atoms with van der Waals surface area (Å²) in [6.45, 7) is 5.65. The van der Waals surface area contributed by atoms with Crippen LogP contribution in [0.4, 0.5) is 0 Å². The Morgan fingerprint density at radius 1 is 0.826 bits per heavy atom. The van der Waals surface area contributed by atoms with Gasteiger partial charge in [0.05, 0.1) is 5.92 Å². The third-order valence-corrected chi connectivity index (χ3v) is 3.71. The van der Waals surface area contributed by atoms with E-state index in [0.717, 1.165) is 12.8 Å². The molecule has 1 unspecified atom stereocenters. The predicted octanol–water partition coefficient (Wildman–Crippen LogP) is 2.62. The van der Waals surface area contributed by atoms with Crippen molar-refractivity contribution < 1.29 is 50.8 Å². The smallest absolute Gasteiger partial charge is 1.00 e. The van der Waals surface area contributed by atoms with Crippen LogP contribution in [0.5, 0.6) is 0 Å². The summed E-state index contributed by atoms with van der Waals surface area (Å²) in [5, 5.41) is 16.4. The van der Waals surface area contributed by atoms with E-state index < -0.39 is 11.9 Å². The average molecular weight is 340 g/mol. The molecule has 0 aliphatic rings. The van der Waals surface area contributed by atoms with E-state index in [-0.39, 0.29) is 43.3 Å². The Labute approximate surface area is 166 Å². The van der Waals surface area contributed by atoms with Crippen molar-refractivity contribution in [1.29, 1.82) is 0 Å². The van der Waals surface area contributed by atoms with Crippen LogP contribution in [0, 0.1) is 5.92 Å². The number of aliphatic carboxylic acids is 2. The van der Waals surface area contributed by atoms with Crippen molar-refractivity contribution in [3.05, 3.63) is 0 Å². The third-order valence-electron chi connectivity index (χ3n) is 3.71. The molecule has 0 fully saturated rings. The second kappa shape index (κ2) is 21.9. The quantitative estimate of drug-likeness (QED) is 0.399. The van der Waals surface area contributed by atoms with Gasteiger partial charge in [0.2, 0.25) is 0 Å². The Bertz CT molecular complexity index is 276. The molecule has 2 N–H and O–H groups in total. The molecule has 0 saturated heterocycles. The predicted molar refractivity (Wildman–Crippen MR) is 92.3 cm³/mol. The van der Waals surface area contributed by atoms with Crippen LogP contribution in [0.25, 0.3) is 0 Å². The van der Waals surface area contributed by atoms with Gasteiger partial charge in [0.25, 0.3) is 0 Å². The first-order valence-corrected chi connectivity index (χ1v) is 8.90. The van der Waals surface area contributed by atoms with Gasteiger partial charge in [0, 0.05) is 6.42 Å². The number of hydrogen-bond donors (Lipinski definition) is 2. The molecule has 0 aliphatic heterocycles. The van der Waals surface area contributed by atoms with E-state index in [0.29, 0.717) is 0 Å². The second-order valence-electron chi connectivity index (χ2n) is 5.96. The van der Waals surface area contributed by atoms with Gasteiger partial charge in [-0.2, -0.15) is 0 Å². The fraction of sp³-hybridized carbons (Fsp3) is 0.889. The van der Waals surface area contributed by atoms with Gasteiger partial charge < -0.3 is 11.6 Å². The van der Waals surface area contributed by atoms with Crippen molar-refractivity contribution in [1.82, 2.24) is 0 Å². The Hall–Kier alpha value is -0.0600. The van der Waals surface area contributed by atoms with E-state index >= 15 is 0 Å². The zero-order valence-corrected chi connectivity index (χ0v) is 17.8. The summed E-state index contributed by atoms with van der Waals surface area (Å²) in [5.41, 5.74) is 0. The van der Waals surface area contributed by atoms with E-state index in [4.69, 9.17) is 10.2 Å². The maximum Gasteiger partial charge on any atom is 1.00 e. The van der Waals surface area contributed by atoms with Crippen molar-refractivity contribution >= 4 is 11.9 Å². The van der Waals surface area contributed by atoms with Gasteiger partial charge in [0.1, 0.15) is 0 Å². The zero-order valence-electron chi connectivity index (χ0n) is 16.8. The molecule has 0 spiro atoms. The van der Waals surface area contributed by atoms with Crippen LogP contribution >= 0.6 is 0 Å². The second-order valence-corrected chi connectivity index (χ2v) is 5.96. The van der Waals surface area contributed by atoms with Gasteiger partial charge in [-0.1, -0.05) is 85.0 Å². The Morgan fingerprint density at radius 2 is 1.17 bits per heavy atom. The number of unbranched alkanes of at least 4 members (excludes halogenated alkanes) is 9. The number of hydrogen-bond acceptors (Lipinski definition) is 2. The molecule has 0 rings (SSSR count). The number of carbonyl (C=O) groups is 2. The van der Waals surface area contributed by atoms with Crippen LogP contribution in [-0.2, 0) is 9.59 Å². The minimum Gasteiger partial charge on any atom is -1.00 e. The summed E-state index contributed by atoms with van der Waals surface area (Å²) in [4.78, 5) is 20.0. The fourth-order valence-electron chi connectivity index (χ4n) is 2.06. The summed E-state index contributed by atoms with van der Waals surface area (Å²) < 4.78 is 0. The molecule has 0 heterocycles. The maximum absolute atomic E-state index is 10.6. The fourth-order valence-corrected chi connectivity index (χ4v) is 2.06. The first-order valence-electron chi connectivity index (χ1n) is 8.90. The van der Waals surface area contributed by atoms with E-state index in [2.05, 4.69) is 6.92 Å². The molecule has 23 heavy (non-hydrogen) atoms. The summed E-state index contributed by atoms with van der Waals surface area (Å²) in [5.74, 6) is -1.56. The van der Waals surface area contributed by atoms with Gasteiger partial charge in [-0.25, -0.2) is 0 Å².